The third kappa shape index (κ3) is 52.8. The number of nitrogens with zero attached hydrogens (tertiary/aromatic N) is 20. The number of pyridine rings is 1. The number of hydrogen-bond donors (Lipinski definition) is 0. The Morgan fingerprint density at radius 1 is 0.362 bits per heavy atom. The van der Waals surface area contributed by atoms with Crippen LogP contribution >= 0.6 is 0 Å². The molecule has 0 amide bonds. The predicted octanol–water partition coefficient (Wildman–Crippen LogP) is 9.21. The maximum atomic E-state index is 4.33. The number of allylic oxidation sites excluding steroid dienone is 5. The standard InChI is InChI=1S/C5H5N.3C4H4N2.5C4H5N.2C3H4N2.C3H3NO.C2H3N3/c1-2-4-6-5-3-1;1-2-6-4-3-5-1;1-2-5-4-6-3-1;1-2-4-6-5-3-1;9*1-2-4-5-3-1/h1-5H;3*1-4H;3*1,3-4H,2H2;2*1-3H,4H2;2-3H,1H2;1-2H,3H2;1-3H;1H,2H2. The van der Waals surface area contributed by atoms with Gasteiger partial charge in [-0.1, -0.05) is 41.6 Å². The molecule has 0 radical (unpaired) electrons. The molecule has 21 nitrogen and oxygen atoms in total. The zero-order chi connectivity index (χ0) is 48.8. The molecule has 0 bridgehead atoms. The van der Waals surface area contributed by atoms with Crippen LogP contribution in [0.25, 0.3) is 0 Å². The van der Waals surface area contributed by atoms with Gasteiger partial charge in [0, 0.05) is 156 Å². The van der Waals surface area contributed by atoms with Gasteiger partial charge in [-0.3, -0.25) is 39.9 Å². The van der Waals surface area contributed by atoms with Crippen LogP contribution in [0.5, 0.6) is 0 Å². The Hall–Kier alpha value is -9.40. The average Bonchev–Trinajstić information content (AvgIpc) is 4.31. The van der Waals surface area contributed by atoms with Gasteiger partial charge in [0.05, 0.1) is 38.6 Å². The molecule has 8 aliphatic rings. The lowest BCUT2D eigenvalue weighted by atomic mass is 10.5. The average molecular weight is 929 g/mol. The summed E-state index contributed by atoms with van der Waals surface area (Å²) in [5.41, 5.74) is 0. The van der Waals surface area contributed by atoms with Crippen molar-refractivity contribution in [1.29, 1.82) is 0 Å². The molecule has 0 fully saturated rings. The summed E-state index contributed by atoms with van der Waals surface area (Å²) in [5.74, 6) is 0. The van der Waals surface area contributed by atoms with Gasteiger partial charge in [-0.05, 0) is 59.8 Å². The van der Waals surface area contributed by atoms with E-state index in [1.165, 1.54) is 12.6 Å². The van der Waals surface area contributed by atoms with Gasteiger partial charge in [0.1, 0.15) is 12.6 Å². The van der Waals surface area contributed by atoms with E-state index in [9.17, 15) is 0 Å². The van der Waals surface area contributed by atoms with Crippen LogP contribution in [0.4, 0.5) is 0 Å². The maximum Gasteiger partial charge on any atom is 0.123 e. The fraction of sp³-hybridized carbons (Fsp3) is 0.167. The van der Waals surface area contributed by atoms with Crippen molar-refractivity contribution in [2.45, 2.75) is 25.7 Å². The zero-order valence-electron chi connectivity index (χ0n) is 38.1. The van der Waals surface area contributed by atoms with Gasteiger partial charge < -0.3 is 4.52 Å². The minimum Gasteiger partial charge on any atom is -0.365 e. The van der Waals surface area contributed by atoms with Crippen molar-refractivity contribution in [3.8, 4) is 0 Å². The van der Waals surface area contributed by atoms with E-state index in [4.69, 9.17) is 0 Å². The molecule has 0 aromatic carbocycles. The van der Waals surface area contributed by atoms with E-state index in [1.54, 1.807) is 136 Å². The number of aliphatic imine (C=N–C) groups is 5. The van der Waals surface area contributed by atoms with Gasteiger partial charge in [-0.2, -0.15) is 35.7 Å². The molecule has 0 saturated heterocycles. The van der Waals surface area contributed by atoms with Crippen LogP contribution in [0.3, 0.4) is 0 Å². The van der Waals surface area contributed by atoms with Crippen molar-refractivity contribution in [1.82, 2.24) is 40.3 Å². The lowest BCUT2D eigenvalue weighted by molar-refractivity contribution is 0.420. The lowest BCUT2D eigenvalue weighted by Crippen LogP contribution is -1.69. The summed E-state index contributed by atoms with van der Waals surface area (Å²) in [5, 5.41) is 34.8. The minimum absolute atomic E-state index is 0.667. The Balaban J connectivity index is 0.000000374. The van der Waals surface area contributed by atoms with E-state index in [0.717, 1.165) is 45.3 Å². The van der Waals surface area contributed by atoms with Crippen LogP contribution < -0.4 is 0 Å². The molecule has 5 aromatic rings. The highest BCUT2D eigenvalue weighted by Gasteiger charge is 1.78. The van der Waals surface area contributed by atoms with Crippen molar-refractivity contribution in [3.05, 3.63) is 197 Å². The predicted molar refractivity (Wildman–Crippen MR) is 277 cm³/mol. The van der Waals surface area contributed by atoms with Crippen molar-refractivity contribution in [2.24, 2.45) is 60.8 Å². The van der Waals surface area contributed by atoms with Crippen molar-refractivity contribution in [2.75, 3.05) is 26.2 Å². The summed E-state index contributed by atoms with van der Waals surface area (Å²) in [6, 6.07) is 12.9. The smallest absolute Gasteiger partial charge is 0.123 e. The van der Waals surface area contributed by atoms with E-state index < -0.39 is 0 Å². The van der Waals surface area contributed by atoms with Crippen LogP contribution in [0.1, 0.15) is 25.7 Å². The number of rotatable bonds is 0. The molecule has 354 valence electrons. The van der Waals surface area contributed by atoms with E-state index in [0.29, 0.717) is 6.54 Å². The Morgan fingerprint density at radius 3 is 1.06 bits per heavy atom. The fourth-order valence-electron chi connectivity index (χ4n) is 3.42. The van der Waals surface area contributed by atoms with Crippen LogP contribution in [-0.2, 0) is 0 Å². The van der Waals surface area contributed by atoms with Crippen LogP contribution in [0, 0.1) is 0 Å². The molecule has 21 heteroatoms. The Bertz CT molecular complexity index is 1690. The van der Waals surface area contributed by atoms with E-state index >= 15 is 0 Å². The largest absolute Gasteiger partial charge is 0.365 e. The van der Waals surface area contributed by atoms with E-state index in [2.05, 4.69) is 106 Å². The molecule has 0 spiro atoms. The van der Waals surface area contributed by atoms with Gasteiger partial charge in [0.2, 0.25) is 0 Å². The topological polar surface area (TPSA) is 265 Å². The Labute approximate surface area is 402 Å². The molecule has 8 aliphatic heterocycles. The summed E-state index contributed by atoms with van der Waals surface area (Å²) in [6.07, 6.45) is 62.7. The molecular formula is C48H56N20O. The molecular weight excluding hydrogens is 873 g/mol. The first kappa shape index (κ1) is 57.6. The van der Waals surface area contributed by atoms with Crippen molar-refractivity contribution < 1.29 is 4.52 Å². The molecule has 13 heterocycles. The second kappa shape index (κ2) is 54.7. The van der Waals surface area contributed by atoms with Crippen LogP contribution in [0.15, 0.2) is 262 Å². The molecule has 0 unspecified atom stereocenters. The number of azo groups is 1. The SMILES string of the molecule is C1=CCN=C1.C1=CCN=C1.C1=CN=CC1.C1=CN=CC1.C1=CN=CC1.C1=CN=NC1.C1=NN=CC1.C1=NN=NC1.c1ccncc1.c1ccnnc1.c1cnccn1.c1cncnc1.c1cnoc1. The molecule has 0 N–H and O–H groups in total. The first-order valence-electron chi connectivity index (χ1n) is 21.0. The molecule has 13 rings (SSSR count). The number of hydrogen-bond acceptors (Lipinski definition) is 21. The third-order valence-electron chi connectivity index (χ3n) is 6.29. The summed E-state index contributed by atoms with van der Waals surface area (Å²) in [4.78, 5) is 37.6. The van der Waals surface area contributed by atoms with Gasteiger partial charge in [0.25, 0.3) is 0 Å². The first-order valence-corrected chi connectivity index (χ1v) is 21.0. The van der Waals surface area contributed by atoms with Gasteiger partial charge in [0.15, 0.2) is 0 Å². The van der Waals surface area contributed by atoms with Gasteiger partial charge in [-0.15, -0.1) is 5.10 Å². The number of aromatic nitrogens is 8. The molecule has 0 atom stereocenters. The Kier molecular flexibility index (Phi) is 45.7. The first-order chi connectivity index (χ1) is 34.5. The Morgan fingerprint density at radius 2 is 0.913 bits per heavy atom. The maximum absolute atomic E-state index is 4.33. The normalized spacial score (nSPS) is 13.6. The van der Waals surface area contributed by atoms with Crippen LogP contribution in [-0.4, -0.2) is 116 Å². The fourth-order valence-corrected chi connectivity index (χ4v) is 3.42. The van der Waals surface area contributed by atoms with Gasteiger partial charge in [-0.25, -0.2) is 9.97 Å². The van der Waals surface area contributed by atoms with E-state index in [1.807, 2.05) is 97.6 Å². The summed E-state index contributed by atoms with van der Waals surface area (Å²) in [6.45, 7) is 3.22. The van der Waals surface area contributed by atoms with Gasteiger partial charge >= 0.3 is 0 Å². The van der Waals surface area contributed by atoms with Crippen LogP contribution in [0.2, 0.25) is 0 Å². The van der Waals surface area contributed by atoms with Crippen molar-refractivity contribution >= 4 is 49.7 Å². The summed E-state index contributed by atoms with van der Waals surface area (Å²) >= 11 is 0. The van der Waals surface area contributed by atoms with E-state index in [-0.39, 0.29) is 0 Å². The zero-order valence-corrected chi connectivity index (χ0v) is 38.1. The highest BCUT2D eigenvalue weighted by Crippen LogP contribution is 1.89. The highest BCUT2D eigenvalue weighted by molar-refractivity contribution is 5.82. The molecule has 0 saturated carbocycles. The van der Waals surface area contributed by atoms with Crippen molar-refractivity contribution in [3.63, 3.8) is 0 Å². The minimum atomic E-state index is 0.667. The molecule has 69 heavy (non-hydrogen) atoms. The molecule has 0 aliphatic carbocycles. The second-order valence-electron chi connectivity index (χ2n) is 11.5. The second-order valence-corrected chi connectivity index (χ2v) is 11.5. The third-order valence-corrected chi connectivity index (χ3v) is 6.29. The monoisotopic (exact) mass is 928 g/mol. The molecule has 5 aromatic heterocycles. The quantitative estimate of drug-likeness (QED) is 0.143. The summed E-state index contributed by atoms with van der Waals surface area (Å²) < 4.78 is 4.33. The highest BCUT2D eigenvalue weighted by atomic mass is 16.5. The summed E-state index contributed by atoms with van der Waals surface area (Å²) in [7, 11) is 0. The lowest BCUT2D eigenvalue weighted by Gasteiger charge is -1.70.